The van der Waals surface area contributed by atoms with Gasteiger partial charge in [0.2, 0.25) is 5.89 Å². The van der Waals surface area contributed by atoms with Crippen molar-refractivity contribution in [3.05, 3.63) is 46.8 Å². The van der Waals surface area contributed by atoms with E-state index in [-0.39, 0.29) is 11.8 Å². The molecule has 0 spiro atoms. The summed E-state index contributed by atoms with van der Waals surface area (Å²) in [5.41, 5.74) is 0.658. The SMILES string of the molecule is Cc1nc(C2CCCN(C(=O)c3cc4cc(Cl)ccc4o3)C2)no1. The van der Waals surface area contributed by atoms with Crippen molar-refractivity contribution in [3.8, 4) is 0 Å². The number of likely N-dealkylation sites (tertiary alicyclic amines) is 1. The molecule has 3 heterocycles. The van der Waals surface area contributed by atoms with E-state index < -0.39 is 0 Å². The lowest BCUT2D eigenvalue weighted by molar-refractivity contribution is 0.0674. The molecule has 1 aliphatic heterocycles. The lowest BCUT2D eigenvalue weighted by Crippen LogP contribution is -2.39. The van der Waals surface area contributed by atoms with Crippen molar-refractivity contribution in [1.29, 1.82) is 0 Å². The van der Waals surface area contributed by atoms with Gasteiger partial charge in [0.1, 0.15) is 5.58 Å². The molecule has 1 saturated heterocycles. The van der Waals surface area contributed by atoms with Crippen LogP contribution in [-0.2, 0) is 0 Å². The molecule has 0 radical (unpaired) electrons. The Labute approximate surface area is 143 Å². The van der Waals surface area contributed by atoms with Crippen LogP contribution in [0.4, 0.5) is 0 Å². The number of aryl methyl sites for hydroxylation is 1. The number of benzene rings is 1. The summed E-state index contributed by atoms with van der Waals surface area (Å²) in [7, 11) is 0. The number of amides is 1. The van der Waals surface area contributed by atoms with Crippen LogP contribution in [-0.4, -0.2) is 34.0 Å². The molecule has 1 aromatic carbocycles. The highest BCUT2D eigenvalue weighted by atomic mass is 35.5. The Kier molecular flexibility index (Phi) is 3.76. The van der Waals surface area contributed by atoms with Crippen LogP contribution in [0.15, 0.2) is 33.2 Å². The number of hydrogen-bond donors (Lipinski definition) is 0. The van der Waals surface area contributed by atoms with Crippen LogP contribution >= 0.6 is 11.6 Å². The van der Waals surface area contributed by atoms with E-state index in [1.54, 1.807) is 36.1 Å². The smallest absolute Gasteiger partial charge is 0.289 e. The predicted octanol–water partition coefficient (Wildman–Crippen LogP) is 3.80. The second-order valence-corrected chi connectivity index (χ2v) is 6.49. The highest BCUT2D eigenvalue weighted by Crippen LogP contribution is 2.28. The van der Waals surface area contributed by atoms with E-state index in [4.69, 9.17) is 20.5 Å². The Bertz CT molecular complexity index is 902. The van der Waals surface area contributed by atoms with Crippen LogP contribution in [0.25, 0.3) is 11.0 Å². The van der Waals surface area contributed by atoms with Crippen molar-refractivity contribution >= 4 is 28.5 Å². The lowest BCUT2D eigenvalue weighted by Gasteiger charge is -2.30. The van der Waals surface area contributed by atoms with Gasteiger partial charge in [0, 0.05) is 36.3 Å². The standard InChI is InChI=1S/C17H16ClN3O3/c1-10-19-16(20-24-10)11-3-2-6-21(9-11)17(22)15-8-12-7-13(18)4-5-14(12)23-15/h4-5,7-8,11H,2-3,6,9H2,1H3. The molecular formula is C17H16ClN3O3. The maximum atomic E-state index is 12.8. The molecular weight excluding hydrogens is 330 g/mol. The fourth-order valence-electron chi connectivity index (χ4n) is 3.13. The van der Waals surface area contributed by atoms with Gasteiger partial charge in [-0.25, -0.2) is 0 Å². The van der Waals surface area contributed by atoms with E-state index in [0.29, 0.717) is 41.2 Å². The van der Waals surface area contributed by atoms with Gasteiger partial charge in [-0.1, -0.05) is 16.8 Å². The van der Waals surface area contributed by atoms with Crippen LogP contribution in [0, 0.1) is 6.92 Å². The zero-order chi connectivity index (χ0) is 16.7. The molecule has 0 bridgehead atoms. The molecule has 24 heavy (non-hydrogen) atoms. The highest BCUT2D eigenvalue weighted by molar-refractivity contribution is 6.31. The molecule has 3 aromatic rings. The second kappa shape index (κ2) is 5.94. The number of piperidine rings is 1. The normalized spacial score (nSPS) is 18.2. The summed E-state index contributed by atoms with van der Waals surface area (Å²) in [4.78, 5) is 18.9. The number of carbonyl (C=O) groups is 1. The molecule has 124 valence electrons. The minimum Gasteiger partial charge on any atom is -0.451 e. The Balaban J connectivity index is 1.56. The summed E-state index contributed by atoms with van der Waals surface area (Å²) < 4.78 is 10.7. The Morgan fingerprint density at radius 3 is 3.04 bits per heavy atom. The lowest BCUT2D eigenvalue weighted by atomic mass is 9.97. The van der Waals surface area contributed by atoms with E-state index >= 15 is 0 Å². The van der Waals surface area contributed by atoms with Gasteiger partial charge in [-0.15, -0.1) is 0 Å². The summed E-state index contributed by atoms with van der Waals surface area (Å²) in [5.74, 6) is 1.52. The van der Waals surface area contributed by atoms with Gasteiger partial charge in [-0.2, -0.15) is 4.98 Å². The minimum absolute atomic E-state index is 0.0963. The fourth-order valence-corrected chi connectivity index (χ4v) is 3.31. The van der Waals surface area contributed by atoms with Crippen LogP contribution in [0.3, 0.4) is 0 Å². The summed E-state index contributed by atoms with van der Waals surface area (Å²) in [5, 5.41) is 5.43. The topological polar surface area (TPSA) is 72.4 Å². The molecule has 1 amide bonds. The first-order chi connectivity index (χ1) is 11.6. The summed E-state index contributed by atoms with van der Waals surface area (Å²) in [6.45, 7) is 3.03. The van der Waals surface area contributed by atoms with E-state index in [9.17, 15) is 4.79 Å². The van der Waals surface area contributed by atoms with Gasteiger partial charge < -0.3 is 13.8 Å². The van der Waals surface area contributed by atoms with Crippen molar-refractivity contribution in [1.82, 2.24) is 15.0 Å². The zero-order valence-corrected chi connectivity index (χ0v) is 13.9. The molecule has 1 unspecified atom stereocenters. The predicted molar refractivity (Wildman–Crippen MR) is 88.1 cm³/mol. The van der Waals surface area contributed by atoms with Gasteiger partial charge in [0.05, 0.1) is 0 Å². The Morgan fingerprint density at radius 2 is 2.25 bits per heavy atom. The molecule has 0 aliphatic carbocycles. The Hall–Kier alpha value is -2.34. The molecule has 7 heteroatoms. The van der Waals surface area contributed by atoms with Crippen LogP contribution in [0.5, 0.6) is 0 Å². The number of fused-ring (bicyclic) bond motifs is 1. The number of aromatic nitrogens is 2. The van der Waals surface area contributed by atoms with Crippen molar-refractivity contribution in [2.45, 2.75) is 25.7 Å². The quantitative estimate of drug-likeness (QED) is 0.706. The van der Waals surface area contributed by atoms with Crippen molar-refractivity contribution < 1.29 is 13.7 Å². The second-order valence-electron chi connectivity index (χ2n) is 6.05. The van der Waals surface area contributed by atoms with E-state index in [1.807, 2.05) is 0 Å². The van der Waals surface area contributed by atoms with E-state index in [0.717, 1.165) is 18.2 Å². The number of rotatable bonds is 2. The summed E-state index contributed by atoms with van der Waals surface area (Å²) in [6.07, 6.45) is 1.84. The van der Waals surface area contributed by atoms with E-state index in [1.165, 1.54) is 0 Å². The number of furan rings is 1. The van der Waals surface area contributed by atoms with Crippen molar-refractivity contribution in [2.24, 2.45) is 0 Å². The molecule has 1 fully saturated rings. The number of halogens is 1. The molecule has 2 aromatic heterocycles. The number of nitrogens with zero attached hydrogens (tertiary/aromatic N) is 3. The maximum Gasteiger partial charge on any atom is 0.289 e. The average Bonchev–Trinajstić information content (AvgIpc) is 3.20. The van der Waals surface area contributed by atoms with E-state index in [2.05, 4.69) is 10.1 Å². The third kappa shape index (κ3) is 2.78. The van der Waals surface area contributed by atoms with Crippen molar-refractivity contribution in [2.75, 3.05) is 13.1 Å². The van der Waals surface area contributed by atoms with Crippen LogP contribution in [0.1, 0.15) is 41.0 Å². The number of carbonyl (C=O) groups excluding carboxylic acids is 1. The average molecular weight is 346 g/mol. The van der Waals surface area contributed by atoms with Crippen LogP contribution in [0.2, 0.25) is 5.02 Å². The minimum atomic E-state index is -0.118. The van der Waals surface area contributed by atoms with Gasteiger partial charge in [0.15, 0.2) is 11.6 Å². The fraction of sp³-hybridized carbons (Fsp3) is 0.353. The molecule has 0 saturated carbocycles. The number of hydrogen-bond acceptors (Lipinski definition) is 5. The monoisotopic (exact) mass is 345 g/mol. The van der Waals surface area contributed by atoms with Crippen molar-refractivity contribution in [3.63, 3.8) is 0 Å². The Morgan fingerprint density at radius 1 is 1.38 bits per heavy atom. The molecule has 6 nitrogen and oxygen atoms in total. The van der Waals surface area contributed by atoms with Gasteiger partial charge in [0.25, 0.3) is 5.91 Å². The summed E-state index contributed by atoms with van der Waals surface area (Å²) >= 11 is 5.99. The highest BCUT2D eigenvalue weighted by Gasteiger charge is 2.29. The maximum absolute atomic E-state index is 12.8. The third-order valence-electron chi connectivity index (χ3n) is 4.31. The molecule has 4 rings (SSSR count). The summed E-state index contributed by atoms with van der Waals surface area (Å²) in [6, 6.07) is 7.05. The first-order valence-corrected chi connectivity index (χ1v) is 8.26. The van der Waals surface area contributed by atoms with Gasteiger partial charge in [-0.05, 0) is 37.1 Å². The zero-order valence-electron chi connectivity index (χ0n) is 13.2. The molecule has 1 atom stereocenters. The van der Waals surface area contributed by atoms with Gasteiger partial charge in [-0.3, -0.25) is 4.79 Å². The first-order valence-electron chi connectivity index (χ1n) is 7.89. The first kappa shape index (κ1) is 15.2. The molecule has 0 N–H and O–H groups in total. The van der Waals surface area contributed by atoms with Crippen LogP contribution < -0.4 is 0 Å². The largest absolute Gasteiger partial charge is 0.451 e. The van der Waals surface area contributed by atoms with Gasteiger partial charge >= 0.3 is 0 Å². The molecule has 1 aliphatic rings. The third-order valence-corrected chi connectivity index (χ3v) is 4.54.